The van der Waals surface area contributed by atoms with Crippen LogP contribution in [0.4, 0.5) is 0 Å². The topological polar surface area (TPSA) is 31.9 Å². The molecule has 1 aromatic carbocycles. The minimum absolute atomic E-state index is 0.698. The highest BCUT2D eigenvalue weighted by molar-refractivity contribution is 5.31. The molecule has 1 unspecified atom stereocenters. The van der Waals surface area contributed by atoms with Crippen LogP contribution in [0.15, 0.2) is 24.3 Å². The molecule has 1 aliphatic heterocycles. The van der Waals surface area contributed by atoms with Gasteiger partial charge in [-0.05, 0) is 5.56 Å². The average Bonchev–Trinajstić information content (AvgIpc) is 2.34. The molecule has 1 aromatic rings. The molecule has 1 heterocycles. The minimum Gasteiger partial charge on any atom is -0.282 e. The van der Waals surface area contributed by atoms with Crippen molar-refractivity contribution >= 4 is 0 Å². The van der Waals surface area contributed by atoms with Crippen LogP contribution in [-0.2, 0) is 11.7 Å². The SMILES string of the molecule is [O]C1NCc2ccccc21. The predicted octanol–water partition coefficient (Wildman–Crippen LogP) is 1.22. The number of hydrogen-bond donors (Lipinski definition) is 1. The molecule has 1 N–H and O–H groups in total. The molecule has 2 rings (SSSR count). The summed E-state index contributed by atoms with van der Waals surface area (Å²) in [6.07, 6.45) is -0.698. The van der Waals surface area contributed by atoms with Gasteiger partial charge in [-0.15, -0.1) is 0 Å². The van der Waals surface area contributed by atoms with E-state index in [1.54, 1.807) is 0 Å². The van der Waals surface area contributed by atoms with E-state index in [1.165, 1.54) is 0 Å². The first-order valence-corrected chi connectivity index (χ1v) is 3.35. The minimum atomic E-state index is -0.698. The second-order valence-corrected chi connectivity index (χ2v) is 2.46. The van der Waals surface area contributed by atoms with Gasteiger partial charge in [0.05, 0.1) is 0 Å². The van der Waals surface area contributed by atoms with E-state index in [4.69, 9.17) is 0 Å². The van der Waals surface area contributed by atoms with Gasteiger partial charge in [-0.25, -0.2) is 5.11 Å². The van der Waals surface area contributed by atoms with Gasteiger partial charge in [0, 0.05) is 12.1 Å². The molecule has 0 spiro atoms. The fraction of sp³-hybridized carbons (Fsp3) is 0.250. The van der Waals surface area contributed by atoms with Crippen molar-refractivity contribution in [2.24, 2.45) is 0 Å². The predicted molar refractivity (Wildman–Crippen MR) is 36.7 cm³/mol. The molecule has 1 atom stereocenters. The molecule has 0 saturated heterocycles. The van der Waals surface area contributed by atoms with E-state index in [1.807, 2.05) is 24.3 Å². The molecule has 10 heavy (non-hydrogen) atoms. The highest BCUT2D eigenvalue weighted by Crippen LogP contribution is 2.22. The lowest BCUT2D eigenvalue weighted by Gasteiger charge is -1.97. The Kier molecular flexibility index (Phi) is 1.22. The molecule has 1 radical (unpaired) electrons. The number of hydrogen-bond acceptors (Lipinski definition) is 1. The molecule has 0 fully saturated rings. The summed E-state index contributed by atoms with van der Waals surface area (Å²) in [4.78, 5) is 0. The van der Waals surface area contributed by atoms with Crippen LogP contribution in [-0.4, -0.2) is 0 Å². The van der Waals surface area contributed by atoms with E-state index < -0.39 is 6.23 Å². The highest BCUT2D eigenvalue weighted by Gasteiger charge is 2.18. The summed E-state index contributed by atoms with van der Waals surface area (Å²) >= 11 is 0. The maximum absolute atomic E-state index is 11.0. The largest absolute Gasteiger partial charge is 0.282 e. The monoisotopic (exact) mass is 134 g/mol. The number of rotatable bonds is 0. The molecule has 51 valence electrons. The third-order valence-corrected chi connectivity index (χ3v) is 1.82. The van der Waals surface area contributed by atoms with E-state index in [0.29, 0.717) is 0 Å². The van der Waals surface area contributed by atoms with Crippen molar-refractivity contribution in [3.05, 3.63) is 35.4 Å². The van der Waals surface area contributed by atoms with Gasteiger partial charge in [0.15, 0.2) is 6.23 Å². The van der Waals surface area contributed by atoms with Gasteiger partial charge in [0.1, 0.15) is 0 Å². The molecule has 0 aliphatic carbocycles. The molecular weight excluding hydrogens is 126 g/mol. The molecule has 0 bridgehead atoms. The van der Waals surface area contributed by atoms with Crippen molar-refractivity contribution < 1.29 is 5.11 Å². The van der Waals surface area contributed by atoms with E-state index in [2.05, 4.69) is 5.32 Å². The summed E-state index contributed by atoms with van der Waals surface area (Å²) in [6, 6.07) is 7.72. The first-order chi connectivity index (χ1) is 4.88. The van der Waals surface area contributed by atoms with E-state index >= 15 is 0 Å². The maximum atomic E-state index is 11.0. The second kappa shape index (κ2) is 2.08. The van der Waals surface area contributed by atoms with Gasteiger partial charge in [0.2, 0.25) is 0 Å². The third kappa shape index (κ3) is 0.735. The highest BCUT2D eigenvalue weighted by atomic mass is 16.3. The van der Waals surface area contributed by atoms with Gasteiger partial charge in [-0.1, -0.05) is 24.3 Å². The maximum Gasteiger partial charge on any atom is 0.170 e. The zero-order chi connectivity index (χ0) is 6.97. The fourth-order valence-electron chi connectivity index (χ4n) is 1.26. The van der Waals surface area contributed by atoms with Crippen LogP contribution < -0.4 is 5.32 Å². The Morgan fingerprint density at radius 3 is 3.00 bits per heavy atom. The molecule has 0 saturated carbocycles. The van der Waals surface area contributed by atoms with Crippen LogP contribution >= 0.6 is 0 Å². The lowest BCUT2D eigenvalue weighted by molar-refractivity contribution is 0.0676. The summed E-state index contributed by atoms with van der Waals surface area (Å²) in [7, 11) is 0. The first-order valence-electron chi connectivity index (χ1n) is 3.35. The number of fused-ring (bicyclic) bond motifs is 1. The smallest absolute Gasteiger partial charge is 0.170 e. The Balaban J connectivity index is 2.51. The molecule has 2 nitrogen and oxygen atoms in total. The Morgan fingerprint density at radius 2 is 2.20 bits per heavy atom. The van der Waals surface area contributed by atoms with E-state index in [0.717, 1.165) is 17.7 Å². The molecule has 0 aromatic heterocycles. The van der Waals surface area contributed by atoms with E-state index in [-0.39, 0.29) is 0 Å². The Labute approximate surface area is 59.5 Å². The van der Waals surface area contributed by atoms with Crippen molar-refractivity contribution in [1.82, 2.24) is 5.32 Å². The lowest BCUT2D eigenvalue weighted by Crippen LogP contribution is -2.08. The van der Waals surface area contributed by atoms with Crippen molar-refractivity contribution in [2.45, 2.75) is 12.8 Å². The van der Waals surface area contributed by atoms with Gasteiger partial charge < -0.3 is 0 Å². The second-order valence-electron chi connectivity index (χ2n) is 2.46. The van der Waals surface area contributed by atoms with Gasteiger partial charge >= 0.3 is 0 Å². The van der Waals surface area contributed by atoms with Crippen molar-refractivity contribution in [1.29, 1.82) is 0 Å². The quantitative estimate of drug-likeness (QED) is 0.568. The third-order valence-electron chi connectivity index (χ3n) is 1.82. The van der Waals surface area contributed by atoms with Crippen molar-refractivity contribution in [3.63, 3.8) is 0 Å². The Bertz CT molecular complexity index is 247. The fourth-order valence-corrected chi connectivity index (χ4v) is 1.26. The zero-order valence-corrected chi connectivity index (χ0v) is 5.50. The van der Waals surface area contributed by atoms with Crippen LogP contribution in [0.25, 0.3) is 0 Å². The molecule has 1 aliphatic rings. The van der Waals surface area contributed by atoms with Crippen LogP contribution in [0.3, 0.4) is 0 Å². The Hall–Kier alpha value is -0.860. The van der Waals surface area contributed by atoms with Gasteiger partial charge in [0.25, 0.3) is 0 Å². The standard InChI is InChI=1S/C8H8NO/c10-8-7-4-2-1-3-6(7)5-9-8/h1-4,8-9H,5H2. The number of benzene rings is 1. The molecular formula is C8H8NO. The molecule has 2 heteroatoms. The summed E-state index contributed by atoms with van der Waals surface area (Å²) in [5, 5.41) is 13.9. The van der Waals surface area contributed by atoms with Gasteiger partial charge in [-0.3, -0.25) is 5.32 Å². The van der Waals surface area contributed by atoms with Crippen LogP contribution in [0.2, 0.25) is 0 Å². The average molecular weight is 134 g/mol. The molecule has 0 amide bonds. The summed E-state index contributed by atoms with van der Waals surface area (Å²) in [5.41, 5.74) is 2.05. The number of nitrogens with one attached hydrogen (secondary N) is 1. The van der Waals surface area contributed by atoms with Crippen molar-refractivity contribution in [3.8, 4) is 0 Å². The van der Waals surface area contributed by atoms with Crippen LogP contribution in [0.1, 0.15) is 17.4 Å². The lowest BCUT2D eigenvalue weighted by atomic mass is 10.1. The summed E-state index contributed by atoms with van der Waals surface area (Å²) < 4.78 is 0. The van der Waals surface area contributed by atoms with Crippen LogP contribution in [0.5, 0.6) is 0 Å². The van der Waals surface area contributed by atoms with Crippen molar-refractivity contribution in [2.75, 3.05) is 0 Å². The summed E-state index contributed by atoms with van der Waals surface area (Å²) in [6.45, 7) is 0.727. The first kappa shape index (κ1) is 5.89. The van der Waals surface area contributed by atoms with Crippen LogP contribution in [0, 0.1) is 0 Å². The van der Waals surface area contributed by atoms with Gasteiger partial charge in [-0.2, -0.15) is 0 Å². The van der Waals surface area contributed by atoms with E-state index in [9.17, 15) is 5.11 Å². The normalized spacial score (nSPS) is 22.7. The summed E-state index contributed by atoms with van der Waals surface area (Å²) in [5.74, 6) is 0. The zero-order valence-electron chi connectivity index (χ0n) is 5.50. The Morgan fingerprint density at radius 1 is 1.40 bits per heavy atom.